The molecular weight excluding hydrogens is 351 g/mol. The Morgan fingerprint density at radius 3 is 2.78 bits per heavy atom. The second-order valence-electron chi connectivity index (χ2n) is 6.80. The summed E-state index contributed by atoms with van der Waals surface area (Å²) in [5, 5.41) is 7.94. The third kappa shape index (κ3) is 3.18. The molecule has 1 N–H and O–H groups in total. The smallest absolute Gasteiger partial charge is 0.277 e. The number of hydrogen-bond donors (Lipinski definition) is 1. The van der Waals surface area contributed by atoms with E-state index in [4.69, 9.17) is 0 Å². The van der Waals surface area contributed by atoms with Crippen LogP contribution in [0.1, 0.15) is 30.3 Å². The first kappa shape index (κ1) is 17.6. The highest BCUT2D eigenvalue weighted by atomic mass is 19.1. The van der Waals surface area contributed by atoms with Gasteiger partial charge in [0.15, 0.2) is 11.2 Å². The zero-order chi connectivity index (χ0) is 19.0. The number of rotatable bonds is 4. The Morgan fingerprint density at radius 1 is 1.26 bits per heavy atom. The van der Waals surface area contributed by atoms with Gasteiger partial charge in [-0.2, -0.15) is 0 Å². The average molecular weight is 372 g/mol. The predicted molar refractivity (Wildman–Crippen MR) is 98.3 cm³/mol. The molecule has 1 aliphatic heterocycles. The van der Waals surface area contributed by atoms with Crippen LogP contribution in [-0.2, 0) is 0 Å². The Bertz CT molecular complexity index is 1050. The molecule has 3 aromatic rings. The molecule has 1 saturated heterocycles. The number of nitrogens with one attached hydrogen (secondary N) is 1. The lowest BCUT2D eigenvalue weighted by molar-refractivity contribution is 0.0631. The first-order valence-electron chi connectivity index (χ1n) is 9.17. The molecule has 0 unspecified atom stereocenters. The minimum atomic E-state index is -0.511. The zero-order valence-corrected chi connectivity index (χ0v) is 15.1. The molecular formula is C18H21FN6O2. The van der Waals surface area contributed by atoms with Crippen LogP contribution >= 0.6 is 0 Å². The molecule has 9 heteroatoms. The minimum absolute atomic E-state index is 0.0319. The highest BCUT2D eigenvalue weighted by Crippen LogP contribution is 2.16. The molecule has 4 rings (SSSR count). The number of carbonyl (C=O) groups excluding carboxylic acids is 1. The first-order valence-corrected chi connectivity index (χ1v) is 9.17. The van der Waals surface area contributed by atoms with Gasteiger partial charge in [-0.1, -0.05) is 18.6 Å². The zero-order valence-electron chi connectivity index (χ0n) is 15.1. The fourth-order valence-corrected chi connectivity index (χ4v) is 3.48. The SMILES string of the molecule is CCCCN1CCN(C(=O)c2nnn3c2c(=O)[nH]c2cc(F)ccc23)CC1. The molecule has 8 nitrogen and oxygen atoms in total. The van der Waals surface area contributed by atoms with Crippen LogP contribution in [0.25, 0.3) is 16.6 Å². The van der Waals surface area contributed by atoms with E-state index in [-0.39, 0.29) is 17.1 Å². The molecule has 1 amide bonds. The summed E-state index contributed by atoms with van der Waals surface area (Å²) in [6, 6.07) is 4.00. The average Bonchev–Trinajstić information content (AvgIpc) is 3.12. The number of H-pyrrole nitrogens is 1. The Hall–Kier alpha value is -2.81. The van der Waals surface area contributed by atoms with Crippen molar-refractivity contribution in [3.63, 3.8) is 0 Å². The Labute approximate surface area is 154 Å². The van der Waals surface area contributed by atoms with Crippen LogP contribution < -0.4 is 5.56 Å². The van der Waals surface area contributed by atoms with E-state index >= 15 is 0 Å². The molecule has 0 atom stereocenters. The van der Waals surface area contributed by atoms with Crippen molar-refractivity contribution < 1.29 is 9.18 Å². The van der Waals surface area contributed by atoms with E-state index in [9.17, 15) is 14.0 Å². The standard InChI is InChI=1S/C18H21FN6O2/c1-2-3-6-23-7-9-24(10-8-23)18(27)15-16-17(26)20-13-11-12(19)4-5-14(13)25(16)22-21-15/h4-5,11H,2-3,6-10H2,1H3,(H,20,26). The summed E-state index contributed by atoms with van der Waals surface area (Å²) in [5.74, 6) is -0.762. The van der Waals surface area contributed by atoms with Crippen LogP contribution in [0.4, 0.5) is 4.39 Å². The van der Waals surface area contributed by atoms with Gasteiger partial charge in [0.2, 0.25) is 0 Å². The lowest BCUT2D eigenvalue weighted by Gasteiger charge is -2.34. The predicted octanol–water partition coefficient (Wildman–Crippen LogP) is 1.27. The molecule has 0 radical (unpaired) electrons. The normalized spacial score (nSPS) is 15.7. The summed E-state index contributed by atoms with van der Waals surface area (Å²) in [6.45, 7) is 6.01. The van der Waals surface area contributed by atoms with Crippen LogP contribution in [-0.4, -0.2) is 68.2 Å². The van der Waals surface area contributed by atoms with Crippen molar-refractivity contribution in [2.24, 2.45) is 0 Å². The maximum atomic E-state index is 13.4. The quantitative estimate of drug-likeness (QED) is 0.745. The summed E-state index contributed by atoms with van der Waals surface area (Å²) in [5.41, 5.74) is 0.405. The van der Waals surface area contributed by atoms with Crippen LogP contribution in [0.3, 0.4) is 0 Å². The van der Waals surface area contributed by atoms with E-state index in [0.29, 0.717) is 24.1 Å². The molecule has 1 fully saturated rings. The summed E-state index contributed by atoms with van der Waals surface area (Å²) in [7, 11) is 0. The fourth-order valence-electron chi connectivity index (χ4n) is 3.48. The lowest BCUT2D eigenvalue weighted by Crippen LogP contribution is -2.49. The fraction of sp³-hybridized carbons (Fsp3) is 0.444. The number of halogens is 1. The van der Waals surface area contributed by atoms with Gasteiger partial charge in [-0.05, 0) is 31.2 Å². The summed E-state index contributed by atoms with van der Waals surface area (Å²) in [4.78, 5) is 32.1. The van der Waals surface area contributed by atoms with E-state index in [2.05, 4.69) is 27.1 Å². The summed E-state index contributed by atoms with van der Waals surface area (Å²) >= 11 is 0. The van der Waals surface area contributed by atoms with Crippen LogP contribution in [0.5, 0.6) is 0 Å². The highest BCUT2D eigenvalue weighted by Gasteiger charge is 2.27. The van der Waals surface area contributed by atoms with Crippen molar-refractivity contribution in [1.29, 1.82) is 0 Å². The third-order valence-electron chi connectivity index (χ3n) is 5.01. The number of aromatic amines is 1. The molecule has 142 valence electrons. The second kappa shape index (κ2) is 7.07. The van der Waals surface area contributed by atoms with Gasteiger partial charge in [0.05, 0.1) is 11.0 Å². The summed E-state index contributed by atoms with van der Waals surface area (Å²) in [6.07, 6.45) is 2.29. The van der Waals surface area contributed by atoms with Crippen molar-refractivity contribution in [1.82, 2.24) is 29.6 Å². The minimum Gasteiger partial charge on any atom is -0.335 e. The molecule has 1 aromatic carbocycles. The number of carbonyl (C=O) groups is 1. The molecule has 0 aliphatic carbocycles. The van der Waals surface area contributed by atoms with Gasteiger partial charge in [-0.25, -0.2) is 8.91 Å². The number of aromatic nitrogens is 4. The monoisotopic (exact) mass is 372 g/mol. The molecule has 2 aromatic heterocycles. The van der Waals surface area contributed by atoms with Gasteiger partial charge in [0.1, 0.15) is 5.82 Å². The Kier molecular flexibility index (Phi) is 4.61. The highest BCUT2D eigenvalue weighted by molar-refractivity contribution is 5.99. The van der Waals surface area contributed by atoms with Gasteiger partial charge in [-0.3, -0.25) is 14.5 Å². The van der Waals surface area contributed by atoms with Gasteiger partial charge in [0, 0.05) is 26.2 Å². The molecule has 1 aliphatic rings. The molecule has 0 bridgehead atoms. The number of benzene rings is 1. The van der Waals surface area contributed by atoms with Crippen LogP contribution in [0.15, 0.2) is 23.0 Å². The Balaban J connectivity index is 1.64. The second-order valence-corrected chi connectivity index (χ2v) is 6.80. The van der Waals surface area contributed by atoms with Crippen molar-refractivity contribution in [2.45, 2.75) is 19.8 Å². The lowest BCUT2D eigenvalue weighted by atomic mass is 10.2. The van der Waals surface area contributed by atoms with E-state index in [1.54, 1.807) is 4.90 Å². The molecule has 0 spiro atoms. The maximum Gasteiger partial charge on any atom is 0.277 e. The topological polar surface area (TPSA) is 86.6 Å². The number of nitrogens with zero attached hydrogens (tertiary/aromatic N) is 5. The van der Waals surface area contributed by atoms with E-state index in [1.165, 1.54) is 22.7 Å². The van der Waals surface area contributed by atoms with Crippen molar-refractivity contribution >= 4 is 22.5 Å². The van der Waals surface area contributed by atoms with E-state index < -0.39 is 11.4 Å². The molecule has 27 heavy (non-hydrogen) atoms. The van der Waals surface area contributed by atoms with Crippen molar-refractivity contribution in [3.05, 3.63) is 40.1 Å². The molecule has 0 saturated carbocycles. The Morgan fingerprint density at radius 2 is 2.04 bits per heavy atom. The number of amides is 1. The maximum absolute atomic E-state index is 13.4. The van der Waals surface area contributed by atoms with Gasteiger partial charge in [0.25, 0.3) is 11.5 Å². The van der Waals surface area contributed by atoms with Crippen molar-refractivity contribution in [2.75, 3.05) is 32.7 Å². The van der Waals surface area contributed by atoms with Crippen LogP contribution in [0.2, 0.25) is 0 Å². The number of unbranched alkanes of at least 4 members (excludes halogenated alkanes) is 1. The van der Waals surface area contributed by atoms with Gasteiger partial charge >= 0.3 is 0 Å². The van der Waals surface area contributed by atoms with E-state index in [1.807, 2.05) is 0 Å². The summed E-state index contributed by atoms with van der Waals surface area (Å²) < 4.78 is 14.7. The van der Waals surface area contributed by atoms with E-state index in [0.717, 1.165) is 32.5 Å². The third-order valence-corrected chi connectivity index (χ3v) is 5.01. The number of hydrogen-bond acceptors (Lipinski definition) is 5. The van der Waals surface area contributed by atoms with Gasteiger partial charge < -0.3 is 9.88 Å². The number of piperazine rings is 1. The van der Waals surface area contributed by atoms with Gasteiger partial charge in [-0.15, -0.1) is 5.10 Å². The van der Waals surface area contributed by atoms with Crippen LogP contribution in [0, 0.1) is 5.82 Å². The number of fused-ring (bicyclic) bond motifs is 3. The molecule has 3 heterocycles. The first-order chi connectivity index (χ1) is 13.1. The van der Waals surface area contributed by atoms with Crippen molar-refractivity contribution in [3.8, 4) is 0 Å². The largest absolute Gasteiger partial charge is 0.335 e.